The van der Waals surface area contributed by atoms with Gasteiger partial charge in [0.15, 0.2) is 0 Å². The fourth-order valence-corrected chi connectivity index (χ4v) is 1.61. The molecule has 0 aliphatic carbocycles. The van der Waals surface area contributed by atoms with E-state index in [2.05, 4.69) is 9.72 Å². The Hall–Kier alpha value is -1.52. The minimum absolute atomic E-state index is 0.0572. The van der Waals surface area contributed by atoms with E-state index in [1.165, 1.54) is 0 Å². The highest BCUT2D eigenvalue weighted by atomic mass is 35.5. The number of fused-ring (bicyclic) bond motifs is 1. The molecule has 2 N–H and O–H groups in total. The normalized spacial score (nSPS) is 10.8. The van der Waals surface area contributed by atoms with E-state index in [4.69, 9.17) is 16.7 Å². The summed E-state index contributed by atoms with van der Waals surface area (Å²) in [5.41, 5.74) is 1.55. The molecule has 0 saturated carbocycles. The van der Waals surface area contributed by atoms with Crippen molar-refractivity contribution < 1.29 is 14.6 Å². The van der Waals surface area contributed by atoms with Crippen molar-refractivity contribution in [1.82, 2.24) is 4.98 Å². The summed E-state index contributed by atoms with van der Waals surface area (Å²) in [4.78, 5) is 12.6. The van der Waals surface area contributed by atoms with Gasteiger partial charge >= 0.3 is 0 Å². The average Bonchev–Trinajstić information content (AvgIpc) is 2.70. The van der Waals surface area contributed by atoms with Crippen LogP contribution >= 0.6 is 11.6 Å². The largest absolute Gasteiger partial charge is 0.462 e. The standard InChI is InChI=1S/C9H8ClNO.C5H10O2/c10-7-1-2-8-6(5-12)4-11-9(8)3-7;1-5(2,3)7-4-6/h1-4,11-12H,5H2;4H,1-3H3. The van der Waals surface area contributed by atoms with Crippen LogP contribution in [0.15, 0.2) is 24.4 Å². The van der Waals surface area contributed by atoms with E-state index in [1.54, 1.807) is 6.20 Å². The molecule has 0 spiro atoms. The van der Waals surface area contributed by atoms with Gasteiger partial charge in [-0.15, -0.1) is 0 Å². The van der Waals surface area contributed by atoms with E-state index >= 15 is 0 Å². The lowest BCUT2D eigenvalue weighted by molar-refractivity contribution is -0.138. The quantitative estimate of drug-likeness (QED) is 0.832. The van der Waals surface area contributed by atoms with Gasteiger partial charge in [-0.25, -0.2) is 0 Å². The molecular weight excluding hydrogens is 266 g/mol. The monoisotopic (exact) mass is 283 g/mol. The summed E-state index contributed by atoms with van der Waals surface area (Å²) in [5, 5.41) is 10.7. The predicted molar refractivity (Wildman–Crippen MR) is 76.1 cm³/mol. The lowest BCUT2D eigenvalue weighted by atomic mass is 10.2. The zero-order chi connectivity index (χ0) is 14.5. The van der Waals surface area contributed by atoms with Crippen LogP contribution in [0.4, 0.5) is 0 Å². The number of carbonyl (C=O) groups excluding carboxylic acids is 1. The Bertz CT molecular complexity index is 543. The third kappa shape index (κ3) is 4.93. The van der Waals surface area contributed by atoms with Crippen molar-refractivity contribution in [2.45, 2.75) is 33.0 Å². The summed E-state index contributed by atoms with van der Waals surface area (Å²) in [6.07, 6.45) is 1.79. The first-order valence-corrected chi connectivity index (χ1v) is 6.23. The van der Waals surface area contributed by atoms with Crippen molar-refractivity contribution in [2.75, 3.05) is 0 Å². The lowest BCUT2D eigenvalue weighted by Crippen LogP contribution is -2.17. The van der Waals surface area contributed by atoms with Gasteiger partial charge in [-0.1, -0.05) is 17.7 Å². The van der Waals surface area contributed by atoms with Gasteiger partial charge in [0.05, 0.1) is 6.61 Å². The molecule has 1 aromatic heterocycles. The number of benzene rings is 1. The number of H-pyrrole nitrogens is 1. The molecule has 0 unspecified atom stereocenters. The Morgan fingerprint density at radius 3 is 2.58 bits per heavy atom. The van der Waals surface area contributed by atoms with Crippen LogP contribution in [-0.2, 0) is 16.1 Å². The van der Waals surface area contributed by atoms with E-state index < -0.39 is 0 Å². The number of aliphatic hydroxyl groups excluding tert-OH is 1. The minimum Gasteiger partial charge on any atom is -0.462 e. The van der Waals surface area contributed by atoms with Crippen molar-refractivity contribution in [2.24, 2.45) is 0 Å². The van der Waals surface area contributed by atoms with Gasteiger partial charge in [-0.2, -0.15) is 0 Å². The summed E-state index contributed by atoms with van der Waals surface area (Å²) in [6.45, 7) is 5.98. The third-order valence-corrected chi connectivity index (χ3v) is 2.54. The summed E-state index contributed by atoms with van der Waals surface area (Å²) >= 11 is 5.79. The second-order valence-corrected chi connectivity index (χ2v) is 5.42. The highest BCUT2D eigenvalue weighted by Gasteiger charge is 2.07. The Labute approximate surface area is 117 Å². The molecule has 0 aliphatic heterocycles. The predicted octanol–water partition coefficient (Wildman–Crippen LogP) is 3.27. The smallest absolute Gasteiger partial charge is 0.293 e. The van der Waals surface area contributed by atoms with E-state index in [1.807, 2.05) is 39.0 Å². The fourth-order valence-electron chi connectivity index (χ4n) is 1.43. The van der Waals surface area contributed by atoms with E-state index in [9.17, 15) is 4.79 Å². The van der Waals surface area contributed by atoms with Gasteiger partial charge in [0.25, 0.3) is 6.47 Å². The summed E-state index contributed by atoms with van der Waals surface area (Å²) in [6, 6.07) is 5.56. The number of aromatic nitrogens is 1. The van der Waals surface area contributed by atoms with Crippen molar-refractivity contribution in [3.05, 3.63) is 35.0 Å². The van der Waals surface area contributed by atoms with Gasteiger partial charge in [0.2, 0.25) is 0 Å². The number of ether oxygens (including phenoxy) is 1. The van der Waals surface area contributed by atoms with E-state index in [-0.39, 0.29) is 12.2 Å². The zero-order valence-electron chi connectivity index (χ0n) is 11.2. The molecule has 2 aromatic rings. The first kappa shape index (κ1) is 15.5. The lowest BCUT2D eigenvalue weighted by Gasteiger charge is -2.14. The molecule has 0 saturated heterocycles. The molecule has 19 heavy (non-hydrogen) atoms. The number of rotatable bonds is 2. The number of halogens is 1. The van der Waals surface area contributed by atoms with Crippen LogP contribution in [-0.4, -0.2) is 22.2 Å². The third-order valence-electron chi connectivity index (χ3n) is 2.30. The molecule has 0 bridgehead atoms. The van der Waals surface area contributed by atoms with Crippen molar-refractivity contribution in [3.8, 4) is 0 Å². The molecule has 0 amide bonds. The summed E-state index contributed by atoms with van der Waals surface area (Å²) < 4.78 is 4.55. The average molecular weight is 284 g/mol. The van der Waals surface area contributed by atoms with Gasteiger partial charge < -0.3 is 14.8 Å². The molecule has 0 fully saturated rings. The number of aliphatic hydroxyl groups is 1. The van der Waals surface area contributed by atoms with E-state index in [0.29, 0.717) is 11.5 Å². The van der Waals surface area contributed by atoms with Crippen molar-refractivity contribution >= 4 is 29.0 Å². The van der Waals surface area contributed by atoms with Crippen LogP contribution < -0.4 is 0 Å². The van der Waals surface area contributed by atoms with Crippen molar-refractivity contribution in [1.29, 1.82) is 0 Å². The van der Waals surface area contributed by atoms with Crippen LogP contribution in [0, 0.1) is 0 Å². The summed E-state index contributed by atoms with van der Waals surface area (Å²) in [7, 11) is 0. The number of aromatic amines is 1. The van der Waals surface area contributed by atoms with Gasteiger partial charge in [-0.05, 0) is 32.9 Å². The first-order valence-electron chi connectivity index (χ1n) is 5.85. The topological polar surface area (TPSA) is 62.3 Å². The Kier molecular flexibility index (Phi) is 5.39. The first-order chi connectivity index (χ1) is 8.87. The Morgan fingerprint density at radius 2 is 2.11 bits per heavy atom. The molecule has 0 atom stereocenters. The van der Waals surface area contributed by atoms with Crippen LogP contribution in [0.25, 0.3) is 10.9 Å². The number of nitrogens with one attached hydrogen (secondary N) is 1. The van der Waals surface area contributed by atoms with Gasteiger partial charge in [-0.3, -0.25) is 4.79 Å². The Balaban J connectivity index is 0.000000224. The maximum Gasteiger partial charge on any atom is 0.293 e. The van der Waals surface area contributed by atoms with Crippen LogP contribution in [0.3, 0.4) is 0 Å². The van der Waals surface area contributed by atoms with Gasteiger partial charge in [0, 0.05) is 27.7 Å². The van der Waals surface area contributed by atoms with Crippen LogP contribution in [0.5, 0.6) is 0 Å². The van der Waals surface area contributed by atoms with Crippen LogP contribution in [0.1, 0.15) is 26.3 Å². The highest BCUT2D eigenvalue weighted by molar-refractivity contribution is 6.31. The molecule has 104 valence electrons. The molecule has 2 rings (SSSR count). The molecular formula is C14H18ClNO3. The maximum absolute atomic E-state index is 9.60. The number of carbonyl (C=O) groups is 1. The van der Waals surface area contributed by atoms with Gasteiger partial charge in [0.1, 0.15) is 5.60 Å². The Morgan fingerprint density at radius 1 is 1.42 bits per heavy atom. The second kappa shape index (κ2) is 6.59. The number of hydrogen-bond acceptors (Lipinski definition) is 3. The van der Waals surface area contributed by atoms with Crippen molar-refractivity contribution in [3.63, 3.8) is 0 Å². The molecule has 1 heterocycles. The molecule has 1 aromatic carbocycles. The molecule has 5 heteroatoms. The number of hydrogen-bond donors (Lipinski definition) is 2. The highest BCUT2D eigenvalue weighted by Crippen LogP contribution is 2.21. The molecule has 4 nitrogen and oxygen atoms in total. The minimum atomic E-state index is -0.318. The zero-order valence-corrected chi connectivity index (χ0v) is 12.0. The van der Waals surface area contributed by atoms with E-state index in [0.717, 1.165) is 16.5 Å². The molecule has 0 aliphatic rings. The summed E-state index contributed by atoms with van der Waals surface area (Å²) in [5.74, 6) is 0. The van der Waals surface area contributed by atoms with Crippen LogP contribution in [0.2, 0.25) is 5.02 Å². The fraction of sp³-hybridized carbons (Fsp3) is 0.357. The molecule has 0 radical (unpaired) electrons. The SMILES string of the molecule is CC(C)(C)OC=O.OCc1c[nH]c2cc(Cl)ccc12. The maximum atomic E-state index is 9.60. The second-order valence-electron chi connectivity index (χ2n) is 4.99.